The Labute approximate surface area is 123 Å². The lowest BCUT2D eigenvalue weighted by atomic mass is 10.1. The molecular formula is C11H11BrN4O2S. The number of benzene rings is 1. The molecule has 100 valence electrons. The fourth-order valence-corrected chi connectivity index (χ4v) is 2.09. The number of nitrogens with zero attached hydrogens (tertiary/aromatic N) is 2. The van der Waals surface area contributed by atoms with Crippen molar-refractivity contribution in [3.05, 3.63) is 35.2 Å². The molecular weight excluding hydrogens is 332 g/mol. The van der Waals surface area contributed by atoms with Crippen LogP contribution in [0.25, 0.3) is 11.3 Å². The monoisotopic (exact) mass is 342 g/mol. The molecule has 2 rings (SSSR count). The van der Waals surface area contributed by atoms with Gasteiger partial charge < -0.3 is 16.6 Å². The maximum absolute atomic E-state index is 10.9. The van der Waals surface area contributed by atoms with Crippen molar-refractivity contribution >= 4 is 45.4 Å². The van der Waals surface area contributed by atoms with Crippen molar-refractivity contribution in [2.24, 2.45) is 16.5 Å². The molecule has 0 aliphatic rings. The molecule has 0 saturated heterocycles. The number of aromatic carboxylic acids is 1. The molecule has 1 heterocycles. The predicted molar refractivity (Wildman–Crippen MR) is 80.3 cm³/mol. The molecule has 0 aliphatic heterocycles. The molecule has 0 bridgehead atoms. The van der Waals surface area contributed by atoms with Crippen LogP contribution in [0.3, 0.4) is 0 Å². The van der Waals surface area contributed by atoms with E-state index in [4.69, 9.17) is 16.6 Å². The van der Waals surface area contributed by atoms with Gasteiger partial charge in [-0.15, -0.1) is 28.3 Å². The smallest absolute Gasteiger partial charge is 0.335 e. The predicted octanol–water partition coefficient (Wildman–Crippen LogP) is 1.99. The van der Waals surface area contributed by atoms with Gasteiger partial charge in [0.25, 0.3) is 0 Å². The molecule has 1 aromatic heterocycles. The summed E-state index contributed by atoms with van der Waals surface area (Å²) in [5.74, 6) is -1.04. The van der Waals surface area contributed by atoms with E-state index in [-0.39, 0.29) is 28.5 Å². The van der Waals surface area contributed by atoms with Crippen LogP contribution in [0.4, 0.5) is 5.13 Å². The van der Waals surface area contributed by atoms with Crippen molar-refractivity contribution in [3.63, 3.8) is 0 Å². The first kappa shape index (κ1) is 15.1. The van der Waals surface area contributed by atoms with E-state index in [2.05, 4.69) is 9.98 Å². The second kappa shape index (κ2) is 6.30. The maximum Gasteiger partial charge on any atom is 0.335 e. The van der Waals surface area contributed by atoms with E-state index in [9.17, 15) is 4.79 Å². The Balaban J connectivity index is 0.00000180. The van der Waals surface area contributed by atoms with Gasteiger partial charge >= 0.3 is 5.97 Å². The third-order valence-electron chi connectivity index (χ3n) is 2.12. The van der Waals surface area contributed by atoms with Gasteiger partial charge in [-0.25, -0.2) is 9.78 Å². The lowest BCUT2D eigenvalue weighted by molar-refractivity contribution is 0.0697. The first-order valence-corrected chi connectivity index (χ1v) is 5.83. The Morgan fingerprint density at radius 2 is 2.11 bits per heavy atom. The second-order valence-electron chi connectivity index (χ2n) is 3.44. The number of hydrogen-bond donors (Lipinski definition) is 3. The van der Waals surface area contributed by atoms with Crippen LogP contribution in [0.1, 0.15) is 10.4 Å². The summed E-state index contributed by atoms with van der Waals surface area (Å²) in [4.78, 5) is 18.9. The number of carbonyl (C=O) groups is 1. The standard InChI is InChI=1S/C11H10N4O2S.BrH/c12-10(13)15-11-14-8(5-18-11)6-2-1-3-7(4-6)9(16)17;/h1-5H,(H,16,17)(H4,12,13,14,15);1H. The van der Waals surface area contributed by atoms with Crippen molar-refractivity contribution in [2.75, 3.05) is 0 Å². The van der Waals surface area contributed by atoms with E-state index >= 15 is 0 Å². The van der Waals surface area contributed by atoms with Crippen LogP contribution in [0.2, 0.25) is 0 Å². The normalized spacial score (nSPS) is 9.47. The Bertz CT molecular complexity index is 623. The summed E-state index contributed by atoms with van der Waals surface area (Å²) < 4.78 is 0. The minimum atomic E-state index is -0.975. The fourth-order valence-electron chi connectivity index (χ4n) is 1.37. The number of rotatable bonds is 3. The number of hydrogen-bond acceptors (Lipinski definition) is 4. The van der Waals surface area contributed by atoms with E-state index in [1.54, 1.807) is 23.6 Å². The fraction of sp³-hybridized carbons (Fsp3) is 0. The number of nitrogens with two attached hydrogens (primary N) is 2. The number of aromatic nitrogens is 1. The first-order chi connectivity index (χ1) is 8.56. The Morgan fingerprint density at radius 1 is 1.37 bits per heavy atom. The average Bonchev–Trinajstić information content (AvgIpc) is 2.77. The van der Waals surface area contributed by atoms with Gasteiger partial charge in [-0.05, 0) is 12.1 Å². The van der Waals surface area contributed by atoms with Crippen molar-refractivity contribution < 1.29 is 9.90 Å². The minimum Gasteiger partial charge on any atom is -0.478 e. The quantitative estimate of drug-likeness (QED) is 0.582. The van der Waals surface area contributed by atoms with Gasteiger partial charge in [0.15, 0.2) is 5.96 Å². The molecule has 0 saturated carbocycles. The SMILES string of the molecule is Br.NC(N)=Nc1nc(-c2cccc(C(=O)O)c2)cs1. The third-order valence-corrected chi connectivity index (χ3v) is 2.86. The molecule has 0 radical (unpaired) electrons. The number of thiazole rings is 1. The molecule has 19 heavy (non-hydrogen) atoms. The van der Waals surface area contributed by atoms with Crippen LogP contribution >= 0.6 is 28.3 Å². The zero-order chi connectivity index (χ0) is 13.1. The van der Waals surface area contributed by atoms with Gasteiger partial charge in [-0.3, -0.25) is 0 Å². The molecule has 6 nitrogen and oxygen atoms in total. The van der Waals surface area contributed by atoms with Gasteiger partial charge in [0, 0.05) is 10.9 Å². The summed E-state index contributed by atoms with van der Waals surface area (Å²) in [5, 5.41) is 11.1. The third kappa shape index (κ3) is 3.76. The molecule has 8 heteroatoms. The molecule has 1 aromatic carbocycles. The largest absolute Gasteiger partial charge is 0.478 e. The maximum atomic E-state index is 10.9. The highest BCUT2D eigenvalue weighted by Gasteiger charge is 2.07. The van der Waals surface area contributed by atoms with E-state index in [1.165, 1.54) is 17.4 Å². The summed E-state index contributed by atoms with van der Waals surface area (Å²) in [7, 11) is 0. The van der Waals surface area contributed by atoms with Gasteiger partial charge in [0.2, 0.25) is 5.13 Å². The molecule has 0 atom stereocenters. The number of aliphatic imine (C=N–C) groups is 1. The summed E-state index contributed by atoms with van der Waals surface area (Å²) in [6, 6.07) is 6.52. The zero-order valence-electron chi connectivity index (χ0n) is 9.61. The lowest BCUT2D eigenvalue weighted by Crippen LogP contribution is -2.21. The summed E-state index contributed by atoms with van der Waals surface area (Å²) in [6.45, 7) is 0. The van der Waals surface area contributed by atoms with Gasteiger partial charge in [-0.1, -0.05) is 12.1 Å². The first-order valence-electron chi connectivity index (χ1n) is 4.95. The number of carboxylic acids is 1. The summed E-state index contributed by atoms with van der Waals surface area (Å²) in [6.07, 6.45) is 0. The van der Waals surface area contributed by atoms with E-state index in [0.29, 0.717) is 16.4 Å². The van der Waals surface area contributed by atoms with Gasteiger partial charge in [0.05, 0.1) is 11.3 Å². The van der Waals surface area contributed by atoms with Crippen LogP contribution in [0, 0.1) is 0 Å². The van der Waals surface area contributed by atoms with Crippen LogP contribution in [-0.4, -0.2) is 22.0 Å². The summed E-state index contributed by atoms with van der Waals surface area (Å²) >= 11 is 1.28. The lowest BCUT2D eigenvalue weighted by Gasteiger charge is -1.98. The highest BCUT2D eigenvalue weighted by molar-refractivity contribution is 8.93. The van der Waals surface area contributed by atoms with E-state index < -0.39 is 5.97 Å². The van der Waals surface area contributed by atoms with Gasteiger partial charge in [0.1, 0.15) is 0 Å². The van der Waals surface area contributed by atoms with E-state index in [1.807, 2.05) is 0 Å². The van der Waals surface area contributed by atoms with Gasteiger partial charge in [-0.2, -0.15) is 4.99 Å². The molecule has 0 amide bonds. The number of guanidine groups is 1. The zero-order valence-corrected chi connectivity index (χ0v) is 12.1. The Kier molecular flexibility index (Phi) is 5.02. The van der Waals surface area contributed by atoms with Crippen molar-refractivity contribution in [2.45, 2.75) is 0 Å². The topological polar surface area (TPSA) is 115 Å². The van der Waals surface area contributed by atoms with Crippen LogP contribution in [0.5, 0.6) is 0 Å². The molecule has 0 aliphatic carbocycles. The minimum absolute atomic E-state index is 0. The number of halogens is 1. The highest BCUT2D eigenvalue weighted by Crippen LogP contribution is 2.27. The van der Waals surface area contributed by atoms with Crippen molar-refractivity contribution in [1.29, 1.82) is 0 Å². The molecule has 0 fully saturated rings. The Hall–Kier alpha value is -1.93. The summed E-state index contributed by atoms with van der Waals surface area (Å²) in [5.41, 5.74) is 12.1. The van der Waals surface area contributed by atoms with Crippen LogP contribution in [-0.2, 0) is 0 Å². The molecule has 5 N–H and O–H groups in total. The molecule has 0 spiro atoms. The van der Waals surface area contributed by atoms with Crippen molar-refractivity contribution in [3.8, 4) is 11.3 Å². The van der Waals surface area contributed by atoms with Crippen molar-refractivity contribution in [1.82, 2.24) is 4.98 Å². The number of carboxylic acid groups (broad SMARTS) is 1. The Morgan fingerprint density at radius 3 is 2.74 bits per heavy atom. The highest BCUT2D eigenvalue weighted by atomic mass is 79.9. The molecule has 0 unspecified atom stereocenters. The van der Waals surface area contributed by atoms with Crippen LogP contribution in [0.15, 0.2) is 34.6 Å². The van der Waals surface area contributed by atoms with E-state index in [0.717, 1.165) is 0 Å². The molecule has 2 aromatic rings. The van der Waals surface area contributed by atoms with Crippen LogP contribution < -0.4 is 11.5 Å². The average molecular weight is 343 g/mol. The second-order valence-corrected chi connectivity index (χ2v) is 4.27.